The maximum atomic E-state index is 12.6. The average Bonchev–Trinajstić information content (AvgIpc) is 2.69. The summed E-state index contributed by atoms with van der Waals surface area (Å²) < 4.78 is 31.7. The fourth-order valence-corrected chi connectivity index (χ4v) is 4.49. The van der Waals surface area contributed by atoms with Crippen molar-refractivity contribution < 1.29 is 12.9 Å². The highest BCUT2D eigenvalue weighted by Gasteiger charge is 2.36. The van der Waals surface area contributed by atoms with Crippen molar-refractivity contribution in [1.82, 2.24) is 9.46 Å². The molecule has 0 saturated carbocycles. The largest absolute Gasteiger partial charge is 0.360 e. The van der Waals surface area contributed by atoms with Crippen molar-refractivity contribution >= 4 is 22.4 Å². The summed E-state index contributed by atoms with van der Waals surface area (Å²) in [5.41, 5.74) is 6.09. The Bertz CT molecular complexity index is 510. The van der Waals surface area contributed by atoms with Crippen molar-refractivity contribution in [2.24, 2.45) is 5.73 Å². The second kappa shape index (κ2) is 6.21. The average molecular weight is 310 g/mol. The van der Waals surface area contributed by atoms with Crippen LogP contribution in [0.4, 0.5) is 0 Å². The van der Waals surface area contributed by atoms with Crippen LogP contribution in [0.25, 0.3) is 0 Å². The summed E-state index contributed by atoms with van der Waals surface area (Å²) in [6.45, 7) is 4.13. The third kappa shape index (κ3) is 2.94. The molecule has 1 fully saturated rings. The highest BCUT2D eigenvalue weighted by atomic mass is 35.5. The van der Waals surface area contributed by atoms with Gasteiger partial charge < -0.3 is 10.3 Å². The Morgan fingerprint density at radius 3 is 2.63 bits per heavy atom. The lowest BCUT2D eigenvalue weighted by Gasteiger charge is -2.33. The number of rotatable bonds is 3. The van der Waals surface area contributed by atoms with Gasteiger partial charge in [0.05, 0.1) is 0 Å². The van der Waals surface area contributed by atoms with E-state index in [0.717, 1.165) is 19.3 Å². The molecule has 2 heterocycles. The Morgan fingerprint density at radius 2 is 2.11 bits per heavy atom. The predicted molar refractivity (Wildman–Crippen MR) is 73.8 cm³/mol. The molecule has 19 heavy (non-hydrogen) atoms. The summed E-state index contributed by atoms with van der Waals surface area (Å²) in [6.07, 6.45) is 2.72. The number of hydrogen-bond acceptors (Lipinski definition) is 5. The summed E-state index contributed by atoms with van der Waals surface area (Å²) in [5, 5.41) is 3.72. The molecule has 6 nitrogen and oxygen atoms in total. The topological polar surface area (TPSA) is 89.4 Å². The van der Waals surface area contributed by atoms with Crippen molar-refractivity contribution in [3.05, 3.63) is 11.5 Å². The molecule has 1 atom stereocenters. The number of aryl methyl sites for hydroxylation is 2. The second-order valence-corrected chi connectivity index (χ2v) is 6.48. The molecule has 1 aliphatic heterocycles. The molecule has 1 saturated heterocycles. The number of piperidine rings is 1. The Hall–Kier alpha value is -0.630. The van der Waals surface area contributed by atoms with Crippen molar-refractivity contribution in [1.29, 1.82) is 0 Å². The van der Waals surface area contributed by atoms with Crippen molar-refractivity contribution in [2.45, 2.75) is 44.0 Å². The van der Waals surface area contributed by atoms with Crippen molar-refractivity contribution in [2.75, 3.05) is 13.1 Å². The standard InChI is InChI=1S/C11H19N3O3S.ClH/c1-8-11(9(2)17-13-8)18(15,16)14-6-4-3-5-10(14)7-12;/h10H,3-7,12H2,1-2H3;1H. The maximum absolute atomic E-state index is 12.6. The van der Waals surface area contributed by atoms with E-state index in [2.05, 4.69) is 5.16 Å². The monoisotopic (exact) mass is 309 g/mol. The van der Waals surface area contributed by atoms with E-state index in [1.165, 1.54) is 4.31 Å². The van der Waals surface area contributed by atoms with E-state index in [4.69, 9.17) is 10.3 Å². The van der Waals surface area contributed by atoms with Crippen LogP contribution < -0.4 is 5.73 Å². The van der Waals surface area contributed by atoms with Crippen LogP contribution in [0.1, 0.15) is 30.7 Å². The number of halogens is 1. The minimum Gasteiger partial charge on any atom is -0.360 e. The fraction of sp³-hybridized carbons (Fsp3) is 0.727. The minimum atomic E-state index is -3.54. The van der Waals surface area contributed by atoms with Crippen molar-refractivity contribution in [3.63, 3.8) is 0 Å². The van der Waals surface area contributed by atoms with Gasteiger partial charge in [0, 0.05) is 19.1 Å². The van der Waals surface area contributed by atoms with Crippen LogP contribution in [-0.4, -0.2) is 37.0 Å². The van der Waals surface area contributed by atoms with Gasteiger partial charge in [-0.15, -0.1) is 12.4 Å². The first kappa shape index (κ1) is 16.4. The van der Waals surface area contributed by atoms with Gasteiger partial charge in [-0.05, 0) is 26.7 Å². The highest BCUT2D eigenvalue weighted by Crippen LogP contribution is 2.28. The molecule has 110 valence electrons. The van der Waals surface area contributed by atoms with Gasteiger partial charge in [0.2, 0.25) is 10.0 Å². The fourth-order valence-electron chi connectivity index (χ4n) is 2.49. The predicted octanol–water partition coefficient (Wildman–Crippen LogP) is 1.22. The van der Waals surface area contributed by atoms with E-state index in [0.29, 0.717) is 24.5 Å². The molecule has 0 spiro atoms. The zero-order chi connectivity index (χ0) is 13.3. The molecule has 2 rings (SSSR count). The van der Waals surface area contributed by atoms with E-state index < -0.39 is 10.0 Å². The molecule has 1 aromatic heterocycles. The third-order valence-electron chi connectivity index (χ3n) is 3.38. The van der Waals surface area contributed by atoms with Gasteiger partial charge >= 0.3 is 0 Å². The number of sulfonamides is 1. The Morgan fingerprint density at radius 1 is 1.42 bits per heavy atom. The van der Waals surface area contributed by atoms with Crippen LogP contribution in [0, 0.1) is 13.8 Å². The van der Waals surface area contributed by atoms with Gasteiger partial charge in [-0.25, -0.2) is 8.42 Å². The first-order chi connectivity index (χ1) is 8.48. The molecule has 1 aromatic rings. The number of nitrogens with two attached hydrogens (primary N) is 1. The number of nitrogens with zero attached hydrogens (tertiary/aromatic N) is 2. The molecule has 2 N–H and O–H groups in total. The first-order valence-electron chi connectivity index (χ1n) is 6.13. The molecule has 0 bridgehead atoms. The maximum Gasteiger partial charge on any atom is 0.248 e. The molecule has 8 heteroatoms. The highest BCUT2D eigenvalue weighted by molar-refractivity contribution is 7.89. The summed E-state index contributed by atoms with van der Waals surface area (Å²) in [6, 6.07) is -0.113. The van der Waals surface area contributed by atoms with E-state index >= 15 is 0 Å². The lowest BCUT2D eigenvalue weighted by Crippen LogP contribution is -2.47. The van der Waals surface area contributed by atoms with Crippen molar-refractivity contribution in [3.8, 4) is 0 Å². The Labute approximate surface area is 119 Å². The van der Waals surface area contributed by atoms with Gasteiger partial charge in [-0.1, -0.05) is 11.6 Å². The van der Waals surface area contributed by atoms with Gasteiger partial charge in [0.25, 0.3) is 0 Å². The summed E-state index contributed by atoms with van der Waals surface area (Å²) in [4.78, 5) is 0.197. The van der Waals surface area contributed by atoms with Gasteiger partial charge in [-0.3, -0.25) is 0 Å². The van der Waals surface area contributed by atoms with Gasteiger partial charge in [-0.2, -0.15) is 4.31 Å². The van der Waals surface area contributed by atoms with Crippen LogP contribution in [0.15, 0.2) is 9.42 Å². The smallest absolute Gasteiger partial charge is 0.248 e. The van der Waals surface area contributed by atoms with E-state index in [1.54, 1.807) is 13.8 Å². The number of aromatic nitrogens is 1. The van der Waals surface area contributed by atoms with Crippen LogP contribution in [0.3, 0.4) is 0 Å². The third-order valence-corrected chi connectivity index (χ3v) is 5.58. The molecule has 0 radical (unpaired) electrons. The zero-order valence-corrected chi connectivity index (χ0v) is 12.8. The van der Waals surface area contributed by atoms with E-state index in [1.807, 2.05) is 0 Å². The Kier molecular flexibility index (Phi) is 5.37. The second-order valence-electron chi connectivity index (χ2n) is 4.65. The minimum absolute atomic E-state index is 0. The van der Waals surface area contributed by atoms with Crippen LogP contribution in [0.5, 0.6) is 0 Å². The molecule has 1 unspecified atom stereocenters. The van der Waals surface area contributed by atoms with Gasteiger partial charge in [0.15, 0.2) is 5.76 Å². The Balaban J connectivity index is 0.00000180. The summed E-state index contributed by atoms with van der Waals surface area (Å²) in [7, 11) is -3.54. The number of hydrogen-bond donors (Lipinski definition) is 1. The van der Waals surface area contributed by atoms with E-state index in [-0.39, 0.29) is 23.3 Å². The normalized spacial score (nSPS) is 21.1. The van der Waals surface area contributed by atoms with Crippen LogP contribution >= 0.6 is 12.4 Å². The lowest BCUT2D eigenvalue weighted by atomic mass is 10.1. The van der Waals surface area contributed by atoms with E-state index in [9.17, 15) is 8.42 Å². The van der Waals surface area contributed by atoms with Crippen LogP contribution in [0.2, 0.25) is 0 Å². The summed E-state index contributed by atoms with van der Waals surface area (Å²) in [5.74, 6) is 0.342. The molecule has 1 aliphatic rings. The molecular formula is C11H20ClN3O3S. The molecule has 0 amide bonds. The van der Waals surface area contributed by atoms with Gasteiger partial charge in [0.1, 0.15) is 10.6 Å². The van der Waals surface area contributed by atoms with Crippen LogP contribution in [-0.2, 0) is 10.0 Å². The molecule has 0 aliphatic carbocycles. The molecule has 0 aromatic carbocycles. The zero-order valence-electron chi connectivity index (χ0n) is 11.1. The first-order valence-corrected chi connectivity index (χ1v) is 7.57. The SMILES string of the molecule is Cc1noc(C)c1S(=O)(=O)N1CCCCC1CN.Cl. The summed E-state index contributed by atoms with van der Waals surface area (Å²) >= 11 is 0. The quantitative estimate of drug-likeness (QED) is 0.906. The lowest BCUT2D eigenvalue weighted by molar-refractivity contribution is 0.257. The molecular weight excluding hydrogens is 290 g/mol.